The summed E-state index contributed by atoms with van der Waals surface area (Å²) in [6, 6.07) is 14.0. The molecule has 1 aliphatic heterocycles. The van der Waals surface area contributed by atoms with Crippen molar-refractivity contribution in [1.82, 2.24) is 14.5 Å². The van der Waals surface area contributed by atoms with E-state index in [1.54, 1.807) is 0 Å². The molecule has 1 aliphatic rings. The van der Waals surface area contributed by atoms with E-state index in [0.717, 1.165) is 53.7 Å². The van der Waals surface area contributed by atoms with E-state index in [1.165, 1.54) is 12.8 Å². The van der Waals surface area contributed by atoms with Crippen LogP contribution in [0.25, 0.3) is 11.0 Å². The first kappa shape index (κ1) is 20.6. The van der Waals surface area contributed by atoms with Crippen molar-refractivity contribution in [2.24, 2.45) is 5.92 Å². The number of fused-ring (bicyclic) bond motifs is 1. The summed E-state index contributed by atoms with van der Waals surface area (Å²) in [7, 11) is 0. The summed E-state index contributed by atoms with van der Waals surface area (Å²) in [5, 5.41) is 3.02. The van der Waals surface area contributed by atoms with Gasteiger partial charge in [0, 0.05) is 17.3 Å². The van der Waals surface area contributed by atoms with Crippen molar-refractivity contribution in [3.8, 4) is 0 Å². The summed E-state index contributed by atoms with van der Waals surface area (Å²) in [6.45, 7) is 11.9. The highest BCUT2D eigenvalue weighted by Crippen LogP contribution is 2.26. The number of aromatic nitrogens is 2. The lowest BCUT2D eigenvalue weighted by atomic mass is 9.99. The molecular formula is C25H32N4O. The van der Waals surface area contributed by atoms with Gasteiger partial charge in [-0.3, -0.25) is 9.69 Å². The Bertz CT molecular complexity index is 1040. The van der Waals surface area contributed by atoms with Gasteiger partial charge in [-0.05, 0) is 83.0 Å². The molecule has 4 rings (SSSR count). The third kappa shape index (κ3) is 4.41. The van der Waals surface area contributed by atoms with Crippen LogP contribution in [-0.2, 0) is 6.54 Å². The molecule has 1 N–H and O–H groups in total. The van der Waals surface area contributed by atoms with Crippen molar-refractivity contribution >= 4 is 22.6 Å². The molecule has 0 spiro atoms. The van der Waals surface area contributed by atoms with Gasteiger partial charge in [-0.2, -0.15) is 0 Å². The Morgan fingerprint density at radius 1 is 1.17 bits per heavy atom. The molecular weight excluding hydrogens is 372 g/mol. The first-order chi connectivity index (χ1) is 14.4. The molecule has 5 nitrogen and oxygen atoms in total. The Hall–Kier alpha value is -2.66. The van der Waals surface area contributed by atoms with Crippen LogP contribution in [0, 0.1) is 12.8 Å². The van der Waals surface area contributed by atoms with Crippen LogP contribution in [-0.4, -0.2) is 33.4 Å². The average Bonchev–Trinajstić information content (AvgIpc) is 3.07. The van der Waals surface area contributed by atoms with Crippen LogP contribution in [0.15, 0.2) is 42.5 Å². The third-order valence-corrected chi connectivity index (χ3v) is 6.06. The number of imidazole rings is 1. The smallest absolute Gasteiger partial charge is 0.255 e. The SMILES string of the molecule is Cc1cccc(C(=O)Nc2ccc3c(c2)nc(CN2CCC(C)CC2)n3C(C)C)c1. The van der Waals surface area contributed by atoms with Gasteiger partial charge in [-0.1, -0.05) is 24.6 Å². The molecule has 1 fully saturated rings. The molecule has 2 heterocycles. The molecule has 3 aromatic rings. The maximum absolute atomic E-state index is 12.6. The Kier molecular flexibility index (Phi) is 5.91. The Balaban J connectivity index is 1.58. The van der Waals surface area contributed by atoms with E-state index in [2.05, 4.69) is 41.6 Å². The minimum atomic E-state index is -0.0935. The summed E-state index contributed by atoms with van der Waals surface area (Å²) in [6.07, 6.45) is 2.52. The normalized spacial score (nSPS) is 15.8. The Labute approximate surface area is 179 Å². The van der Waals surface area contributed by atoms with Gasteiger partial charge in [0.25, 0.3) is 5.91 Å². The van der Waals surface area contributed by atoms with Crippen molar-refractivity contribution in [3.05, 3.63) is 59.4 Å². The Morgan fingerprint density at radius 2 is 1.93 bits per heavy atom. The molecule has 0 saturated carbocycles. The fourth-order valence-electron chi connectivity index (χ4n) is 4.32. The Morgan fingerprint density at radius 3 is 2.63 bits per heavy atom. The van der Waals surface area contributed by atoms with Gasteiger partial charge in [-0.15, -0.1) is 0 Å². The van der Waals surface area contributed by atoms with Crippen molar-refractivity contribution in [1.29, 1.82) is 0 Å². The molecule has 0 radical (unpaired) electrons. The third-order valence-electron chi connectivity index (χ3n) is 6.06. The van der Waals surface area contributed by atoms with Crippen LogP contribution in [0.3, 0.4) is 0 Å². The number of likely N-dealkylation sites (tertiary alicyclic amines) is 1. The molecule has 158 valence electrons. The first-order valence-corrected chi connectivity index (χ1v) is 11.0. The number of carbonyl (C=O) groups excluding carboxylic acids is 1. The van der Waals surface area contributed by atoms with Crippen LogP contribution < -0.4 is 5.32 Å². The highest BCUT2D eigenvalue weighted by Gasteiger charge is 2.20. The number of rotatable bonds is 5. The predicted molar refractivity (Wildman–Crippen MR) is 123 cm³/mol. The number of hydrogen-bond acceptors (Lipinski definition) is 3. The number of piperidine rings is 1. The number of benzene rings is 2. The minimum absolute atomic E-state index is 0.0935. The summed E-state index contributed by atoms with van der Waals surface area (Å²) in [5.74, 6) is 1.84. The van der Waals surface area contributed by atoms with Gasteiger partial charge in [-0.25, -0.2) is 4.98 Å². The maximum Gasteiger partial charge on any atom is 0.255 e. The van der Waals surface area contributed by atoms with E-state index in [-0.39, 0.29) is 5.91 Å². The van der Waals surface area contributed by atoms with Crippen LogP contribution >= 0.6 is 0 Å². The van der Waals surface area contributed by atoms with Gasteiger partial charge in [0.05, 0.1) is 17.6 Å². The molecule has 2 aromatic carbocycles. The fraction of sp³-hybridized carbons (Fsp3) is 0.440. The number of carbonyl (C=O) groups is 1. The van der Waals surface area contributed by atoms with Gasteiger partial charge in [0.15, 0.2) is 0 Å². The summed E-state index contributed by atoms with van der Waals surface area (Å²) in [5.41, 5.74) is 4.58. The molecule has 0 aliphatic carbocycles. The van der Waals surface area contributed by atoms with Crippen molar-refractivity contribution < 1.29 is 4.79 Å². The summed E-state index contributed by atoms with van der Waals surface area (Å²) in [4.78, 5) is 20.1. The number of nitrogens with zero attached hydrogens (tertiary/aromatic N) is 3. The monoisotopic (exact) mass is 404 g/mol. The van der Waals surface area contributed by atoms with Gasteiger partial charge >= 0.3 is 0 Å². The highest BCUT2D eigenvalue weighted by molar-refractivity contribution is 6.05. The zero-order valence-corrected chi connectivity index (χ0v) is 18.5. The van der Waals surface area contributed by atoms with Crippen LogP contribution in [0.4, 0.5) is 5.69 Å². The number of anilines is 1. The zero-order chi connectivity index (χ0) is 21.3. The summed E-state index contributed by atoms with van der Waals surface area (Å²) < 4.78 is 2.33. The zero-order valence-electron chi connectivity index (χ0n) is 18.5. The maximum atomic E-state index is 12.6. The average molecular weight is 405 g/mol. The predicted octanol–water partition coefficient (Wildman–Crippen LogP) is 5.41. The highest BCUT2D eigenvalue weighted by atomic mass is 16.1. The van der Waals surface area contributed by atoms with Crippen molar-refractivity contribution in [2.75, 3.05) is 18.4 Å². The molecule has 5 heteroatoms. The molecule has 1 aromatic heterocycles. The lowest BCUT2D eigenvalue weighted by Crippen LogP contribution is -2.33. The van der Waals surface area contributed by atoms with Crippen molar-refractivity contribution in [2.45, 2.75) is 53.1 Å². The quantitative estimate of drug-likeness (QED) is 0.618. The van der Waals surface area contributed by atoms with E-state index >= 15 is 0 Å². The van der Waals surface area contributed by atoms with Crippen LogP contribution in [0.5, 0.6) is 0 Å². The summed E-state index contributed by atoms with van der Waals surface area (Å²) >= 11 is 0. The molecule has 30 heavy (non-hydrogen) atoms. The number of nitrogens with one attached hydrogen (secondary N) is 1. The second kappa shape index (κ2) is 8.60. The molecule has 0 unspecified atom stereocenters. The van der Waals surface area contributed by atoms with E-state index in [9.17, 15) is 4.79 Å². The van der Waals surface area contributed by atoms with E-state index in [1.807, 2.05) is 43.3 Å². The topological polar surface area (TPSA) is 50.2 Å². The lowest BCUT2D eigenvalue weighted by Gasteiger charge is -2.30. The fourth-order valence-corrected chi connectivity index (χ4v) is 4.32. The van der Waals surface area contributed by atoms with E-state index < -0.39 is 0 Å². The largest absolute Gasteiger partial charge is 0.324 e. The number of hydrogen-bond donors (Lipinski definition) is 1. The molecule has 1 amide bonds. The standard InChI is InChI=1S/C25H32N4O/c1-17(2)29-23-9-8-21(26-25(30)20-7-5-6-19(4)14-20)15-22(23)27-24(29)16-28-12-10-18(3)11-13-28/h5-9,14-15,17-18H,10-13,16H2,1-4H3,(H,26,30). The van der Waals surface area contributed by atoms with Gasteiger partial charge in [0.1, 0.15) is 5.82 Å². The first-order valence-electron chi connectivity index (χ1n) is 11.0. The molecule has 0 atom stereocenters. The van der Waals surface area contributed by atoms with E-state index in [0.29, 0.717) is 11.6 Å². The van der Waals surface area contributed by atoms with Crippen molar-refractivity contribution in [3.63, 3.8) is 0 Å². The number of amides is 1. The minimum Gasteiger partial charge on any atom is -0.324 e. The second-order valence-corrected chi connectivity index (χ2v) is 8.98. The molecule has 0 bridgehead atoms. The van der Waals surface area contributed by atoms with Gasteiger partial charge < -0.3 is 9.88 Å². The van der Waals surface area contributed by atoms with Crippen LogP contribution in [0.2, 0.25) is 0 Å². The van der Waals surface area contributed by atoms with E-state index in [4.69, 9.17) is 4.98 Å². The molecule has 1 saturated heterocycles. The number of aryl methyl sites for hydroxylation is 1. The second-order valence-electron chi connectivity index (χ2n) is 8.98. The van der Waals surface area contributed by atoms with Gasteiger partial charge in [0.2, 0.25) is 0 Å². The lowest BCUT2D eigenvalue weighted by molar-refractivity contribution is 0.102. The van der Waals surface area contributed by atoms with Crippen LogP contribution in [0.1, 0.15) is 61.4 Å².